The standard InChI is InChI=1S/C30H35BrClN3O5S/c1-5-21(3)33-30(37)22(4)34(19-23-8-7-9-24(31)18-23)29(36)20-35(26-12-14-27(15-13-26)40-6-2)41(38,39)28-16-10-25(32)11-17-28/h7-18,21-22H,5-6,19-20H2,1-4H3,(H,33,37). The van der Waals surface area contributed by atoms with Crippen LogP contribution in [-0.4, -0.2) is 50.4 Å². The Bertz CT molecular complexity index is 1440. The molecule has 3 rings (SSSR count). The number of anilines is 1. The maximum absolute atomic E-state index is 14.0. The van der Waals surface area contributed by atoms with Crippen LogP contribution in [0, 0.1) is 0 Å². The third-order valence-corrected chi connectivity index (χ3v) is 9.06. The van der Waals surface area contributed by atoms with Crippen LogP contribution >= 0.6 is 27.5 Å². The molecule has 2 amide bonds. The number of hydrogen-bond acceptors (Lipinski definition) is 5. The first-order valence-corrected chi connectivity index (χ1v) is 15.9. The Kier molecular flexibility index (Phi) is 11.6. The van der Waals surface area contributed by atoms with E-state index in [9.17, 15) is 18.0 Å². The molecule has 0 saturated carbocycles. The number of halogens is 2. The highest BCUT2D eigenvalue weighted by molar-refractivity contribution is 9.10. The zero-order valence-electron chi connectivity index (χ0n) is 23.5. The van der Waals surface area contributed by atoms with E-state index in [2.05, 4.69) is 21.2 Å². The molecule has 0 saturated heterocycles. The fraction of sp³-hybridized carbons (Fsp3) is 0.333. The van der Waals surface area contributed by atoms with Gasteiger partial charge in [0.05, 0.1) is 17.2 Å². The molecule has 0 radical (unpaired) electrons. The summed E-state index contributed by atoms with van der Waals surface area (Å²) in [7, 11) is -4.19. The van der Waals surface area contributed by atoms with Crippen molar-refractivity contribution in [1.82, 2.24) is 10.2 Å². The number of carbonyl (C=O) groups is 2. The Hall–Kier alpha value is -3.08. The molecule has 0 spiro atoms. The fourth-order valence-corrected chi connectivity index (χ4v) is 6.00. The molecule has 0 bridgehead atoms. The minimum Gasteiger partial charge on any atom is -0.494 e. The van der Waals surface area contributed by atoms with Crippen LogP contribution in [-0.2, 0) is 26.2 Å². The highest BCUT2D eigenvalue weighted by Gasteiger charge is 2.33. The van der Waals surface area contributed by atoms with Crippen LogP contribution in [0.2, 0.25) is 5.02 Å². The molecule has 3 aromatic carbocycles. The molecule has 220 valence electrons. The number of carbonyl (C=O) groups excluding carboxylic acids is 2. The second-order valence-corrected chi connectivity index (χ2v) is 12.8. The quantitative estimate of drug-likeness (QED) is 0.241. The van der Waals surface area contributed by atoms with Gasteiger partial charge in [-0.1, -0.05) is 46.6 Å². The number of rotatable bonds is 13. The fourth-order valence-electron chi connectivity index (χ4n) is 4.02. The molecular weight excluding hydrogens is 630 g/mol. The van der Waals surface area contributed by atoms with Crippen molar-refractivity contribution in [3.8, 4) is 5.75 Å². The van der Waals surface area contributed by atoms with Crippen LogP contribution in [0.4, 0.5) is 5.69 Å². The van der Waals surface area contributed by atoms with Crippen LogP contribution in [0.3, 0.4) is 0 Å². The van der Waals surface area contributed by atoms with Crippen LogP contribution < -0.4 is 14.4 Å². The minimum atomic E-state index is -4.19. The van der Waals surface area contributed by atoms with E-state index in [1.165, 1.54) is 29.2 Å². The van der Waals surface area contributed by atoms with Crippen LogP contribution in [0.1, 0.15) is 39.7 Å². The summed E-state index contributed by atoms with van der Waals surface area (Å²) >= 11 is 9.46. The van der Waals surface area contributed by atoms with E-state index in [4.69, 9.17) is 16.3 Å². The van der Waals surface area contributed by atoms with Gasteiger partial charge in [0.2, 0.25) is 11.8 Å². The molecule has 0 aliphatic carbocycles. The average molecular weight is 665 g/mol. The zero-order chi connectivity index (χ0) is 30.2. The summed E-state index contributed by atoms with van der Waals surface area (Å²) in [5, 5.41) is 3.31. The van der Waals surface area contributed by atoms with Gasteiger partial charge in [-0.2, -0.15) is 0 Å². The molecule has 1 N–H and O–H groups in total. The van der Waals surface area contributed by atoms with Crippen molar-refractivity contribution in [2.24, 2.45) is 0 Å². The van der Waals surface area contributed by atoms with Gasteiger partial charge in [0.1, 0.15) is 18.3 Å². The molecule has 41 heavy (non-hydrogen) atoms. The molecule has 0 fully saturated rings. The summed E-state index contributed by atoms with van der Waals surface area (Å²) in [6.07, 6.45) is 0.725. The Labute approximate surface area is 255 Å². The lowest BCUT2D eigenvalue weighted by Crippen LogP contribution is -2.52. The van der Waals surface area contributed by atoms with E-state index < -0.39 is 28.5 Å². The second kappa shape index (κ2) is 14.7. The molecular formula is C30H35BrClN3O5S. The van der Waals surface area contributed by atoms with Crippen LogP contribution in [0.5, 0.6) is 5.75 Å². The van der Waals surface area contributed by atoms with E-state index in [0.717, 1.165) is 20.8 Å². The molecule has 0 heterocycles. The average Bonchev–Trinajstić information content (AvgIpc) is 2.95. The van der Waals surface area contributed by atoms with Crippen molar-refractivity contribution in [1.29, 1.82) is 0 Å². The van der Waals surface area contributed by atoms with Gasteiger partial charge in [0.25, 0.3) is 10.0 Å². The van der Waals surface area contributed by atoms with Gasteiger partial charge < -0.3 is 15.0 Å². The molecule has 8 nitrogen and oxygen atoms in total. The summed E-state index contributed by atoms with van der Waals surface area (Å²) in [6, 6.07) is 18.7. The van der Waals surface area contributed by atoms with Gasteiger partial charge in [0, 0.05) is 22.1 Å². The Balaban J connectivity index is 2.03. The Morgan fingerprint density at radius 2 is 1.66 bits per heavy atom. The number of hydrogen-bond donors (Lipinski definition) is 1. The van der Waals surface area contributed by atoms with Gasteiger partial charge in [-0.05, 0) is 93.4 Å². The third kappa shape index (κ3) is 8.70. The van der Waals surface area contributed by atoms with Gasteiger partial charge in [-0.3, -0.25) is 13.9 Å². The molecule has 11 heteroatoms. The topological polar surface area (TPSA) is 96.0 Å². The monoisotopic (exact) mass is 663 g/mol. The highest BCUT2D eigenvalue weighted by Crippen LogP contribution is 2.27. The van der Waals surface area contributed by atoms with Gasteiger partial charge in [-0.25, -0.2) is 8.42 Å². The molecule has 0 aromatic heterocycles. The van der Waals surface area contributed by atoms with Crippen molar-refractivity contribution in [3.63, 3.8) is 0 Å². The van der Waals surface area contributed by atoms with Gasteiger partial charge >= 0.3 is 0 Å². The maximum Gasteiger partial charge on any atom is 0.264 e. The Morgan fingerprint density at radius 3 is 2.24 bits per heavy atom. The maximum atomic E-state index is 14.0. The normalized spacial score (nSPS) is 12.7. The lowest BCUT2D eigenvalue weighted by Gasteiger charge is -2.32. The lowest BCUT2D eigenvalue weighted by molar-refractivity contribution is -0.139. The Morgan fingerprint density at radius 1 is 1.00 bits per heavy atom. The molecule has 0 aliphatic rings. The van der Waals surface area contributed by atoms with E-state index in [1.807, 2.05) is 45.0 Å². The second-order valence-electron chi connectivity index (χ2n) is 9.54. The number of ether oxygens (including phenoxy) is 1. The summed E-state index contributed by atoms with van der Waals surface area (Å²) in [4.78, 5) is 28.5. The van der Waals surface area contributed by atoms with Gasteiger partial charge in [0.15, 0.2) is 0 Å². The molecule has 3 aromatic rings. The van der Waals surface area contributed by atoms with Crippen LogP contribution in [0.15, 0.2) is 82.2 Å². The minimum absolute atomic E-state index is 0.0234. The molecule has 2 atom stereocenters. The largest absolute Gasteiger partial charge is 0.494 e. The van der Waals surface area contributed by atoms with Crippen molar-refractivity contribution in [2.45, 2.75) is 57.6 Å². The van der Waals surface area contributed by atoms with Crippen molar-refractivity contribution >= 4 is 55.1 Å². The molecule has 0 aliphatic heterocycles. The number of nitrogens with zero attached hydrogens (tertiary/aromatic N) is 2. The summed E-state index contributed by atoms with van der Waals surface area (Å²) in [5.41, 5.74) is 1.06. The predicted molar refractivity (Wildman–Crippen MR) is 166 cm³/mol. The first-order chi connectivity index (χ1) is 19.5. The lowest BCUT2D eigenvalue weighted by atomic mass is 10.1. The van der Waals surface area contributed by atoms with Gasteiger partial charge in [-0.15, -0.1) is 0 Å². The van der Waals surface area contributed by atoms with E-state index in [0.29, 0.717) is 17.4 Å². The van der Waals surface area contributed by atoms with Crippen molar-refractivity contribution in [2.75, 3.05) is 17.5 Å². The smallest absolute Gasteiger partial charge is 0.264 e. The van der Waals surface area contributed by atoms with E-state index >= 15 is 0 Å². The number of nitrogens with one attached hydrogen (secondary N) is 1. The third-order valence-electron chi connectivity index (χ3n) is 6.53. The highest BCUT2D eigenvalue weighted by atomic mass is 79.9. The number of benzene rings is 3. The van der Waals surface area contributed by atoms with Crippen LogP contribution in [0.25, 0.3) is 0 Å². The van der Waals surface area contributed by atoms with Crippen molar-refractivity contribution < 1.29 is 22.7 Å². The first-order valence-electron chi connectivity index (χ1n) is 13.3. The van der Waals surface area contributed by atoms with E-state index in [-0.39, 0.29) is 29.1 Å². The number of sulfonamides is 1. The van der Waals surface area contributed by atoms with E-state index in [1.54, 1.807) is 31.2 Å². The number of amides is 2. The van der Waals surface area contributed by atoms with Crippen molar-refractivity contribution in [3.05, 3.63) is 87.9 Å². The predicted octanol–water partition coefficient (Wildman–Crippen LogP) is 6.03. The first kappa shape index (κ1) is 32.4. The summed E-state index contributed by atoms with van der Waals surface area (Å²) in [6.45, 7) is 7.35. The summed E-state index contributed by atoms with van der Waals surface area (Å²) in [5.74, 6) is -0.294. The zero-order valence-corrected chi connectivity index (χ0v) is 26.7. The summed E-state index contributed by atoms with van der Waals surface area (Å²) < 4.78 is 35.2. The SMILES string of the molecule is CCOc1ccc(N(CC(=O)N(Cc2cccc(Br)c2)C(C)C(=O)NC(C)CC)S(=O)(=O)c2ccc(Cl)cc2)cc1. The molecule has 2 unspecified atom stereocenters.